The van der Waals surface area contributed by atoms with E-state index in [2.05, 4.69) is 21.5 Å². The van der Waals surface area contributed by atoms with E-state index in [4.69, 9.17) is 19.2 Å². The summed E-state index contributed by atoms with van der Waals surface area (Å²) in [6.45, 7) is 0.606. The summed E-state index contributed by atoms with van der Waals surface area (Å²) in [6, 6.07) is 14.9. The fourth-order valence-electron chi connectivity index (χ4n) is 8.01. The van der Waals surface area contributed by atoms with E-state index >= 15 is 0 Å². The predicted molar refractivity (Wildman–Crippen MR) is 189 cm³/mol. The molecule has 0 bridgehead atoms. The number of halogens is 3. The van der Waals surface area contributed by atoms with Crippen LogP contribution in [0.5, 0.6) is 5.75 Å². The number of nitrogens with one attached hydrogen (secondary N) is 2. The largest absolute Gasteiger partial charge is 0.496 e. The number of nitrogens with zero attached hydrogens (tertiary/aromatic N) is 4. The zero-order valence-electron chi connectivity index (χ0n) is 27.8. The van der Waals surface area contributed by atoms with Crippen molar-refractivity contribution in [1.29, 1.82) is 0 Å². The molecule has 4 aromatic heterocycles. The third-order valence-corrected chi connectivity index (χ3v) is 11.6. The van der Waals surface area contributed by atoms with Gasteiger partial charge in [-0.15, -0.1) is 11.3 Å². The minimum atomic E-state index is -4.44. The van der Waals surface area contributed by atoms with Gasteiger partial charge in [0.25, 0.3) is 5.91 Å². The van der Waals surface area contributed by atoms with Crippen LogP contribution in [0.25, 0.3) is 31.9 Å². The Morgan fingerprint density at radius 3 is 2.67 bits per heavy atom. The lowest BCUT2D eigenvalue weighted by atomic mass is 9.92. The fourth-order valence-corrected chi connectivity index (χ4v) is 9.18. The maximum atomic E-state index is 14.2. The summed E-state index contributed by atoms with van der Waals surface area (Å²) in [5.74, 6) is 0.819. The molecule has 14 heteroatoms. The summed E-state index contributed by atoms with van der Waals surface area (Å²) in [7, 11) is 1.68. The molecule has 0 spiro atoms. The minimum absolute atomic E-state index is 0.0280. The highest BCUT2D eigenvalue weighted by Gasteiger charge is 2.45. The van der Waals surface area contributed by atoms with E-state index in [0.717, 1.165) is 58.5 Å². The van der Waals surface area contributed by atoms with Gasteiger partial charge in [0.15, 0.2) is 5.82 Å². The number of thiophene rings is 1. The predicted octanol–water partition coefficient (Wildman–Crippen LogP) is 7.90. The maximum Gasteiger partial charge on any atom is 0.439 e. The number of pyridine rings is 2. The number of amides is 1. The molecular formula is C38H31F3N6O4S. The zero-order valence-corrected chi connectivity index (χ0v) is 28.7. The molecule has 52 heavy (non-hydrogen) atoms. The van der Waals surface area contributed by atoms with Gasteiger partial charge in [-0.25, -0.2) is 9.78 Å². The number of benzene rings is 2. The standard InChI is InChI=1S/C38H31F3N6O4S/c1-50-27-6-2-4-22-23(27)12-14-24(22)44-35-33-20(15-16-42-35)18-28(52-33)30-29(34-45-37(49)51-46-34)25(13-9-19-7-10-21(11-8-19)38(39,40)41)43-32-26-5-3-17-47(26)36(48)31(30)32/h2,4,6-8,10-11,15-16,18,24,26H,3,5,9,12-14,17H2,1H3,(H,42,44)(H,45,46,49)/t24-,26+/m0/s1. The molecule has 0 saturated carbocycles. The number of hydrogen-bond donors (Lipinski definition) is 2. The average Bonchev–Trinajstić information content (AvgIpc) is 3.98. The van der Waals surface area contributed by atoms with Crippen LogP contribution < -0.4 is 15.8 Å². The average molecular weight is 725 g/mol. The first-order valence-corrected chi connectivity index (χ1v) is 17.9. The normalized spacial score (nSPS) is 17.8. The van der Waals surface area contributed by atoms with Crippen molar-refractivity contribution in [3.8, 4) is 27.6 Å². The van der Waals surface area contributed by atoms with Gasteiger partial charge < -0.3 is 15.0 Å². The van der Waals surface area contributed by atoms with Gasteiger partial charge in [-0.2, -0.15) is 13.2 Å². The molecule has 9 rings (SSSR count). The van der Waals surface area contributed by atoms with Gasteiger partial charge in [0.05, 0.1) is 52.0 Å². The Morgan fingerprint density at radius 2 is 1.90 bits per heavy atom. The molecule has 6 aromatic rings. The number of carbonyl (C=O) groups is 1. The van der Waals surface area contributed by atoms with E-state index in [-0.39, 0.29) is 23.8 Å². The molecule has 2 atom stereocenters. The molecule has 264 valence electrons. The van der Waals surface area contributed by atoms with E-state index in [1.807, 2.05) is 29.2 Å². The van der Waals surface area contributed by atoms with Crippen molar-refractivity contribution in [1.82, 2.24) is 25.0 Å². The van der Waals surface area contributed by atoms with Crippen LogP contribution >= 0.6 is 11.3 Å². The third kappa shape index (κ3) is 5.35. The van der Waals surface area contributed by atoms with Crippen molar-refractivity contribution in [2.75, 3.05) is 19.0 Å². The number of hydrogen-bond acceptors (Lipinski definition) is 9. The monoisotopic (exact) mass is 724 g/mol. The summed E-state index contributed by atoms with van der Waals surface area (Å²) in [4.78, 5) is 41.7. The molecule has 2 aromatic carbocycles. The number of H-pyrrole nitrogens is 1. The van der Waals surface area contributed by atoms with Gasteiger partial charge in [-0.05, 0) is 90.9 Å². The van der Waals surface area contributed by atoms with E-state index < -0.39 is 17.5 Å². The number of ether oxygens (including phenoxy) is 1. The lowest BCUT2D eigenvalue weighted by molar-refractivity contribution is -0.137. The van der Waals surface area contributed by atoms with Crippen molar-refractivity contribution < 1.29 is 27.2 Å². The Labute approximate surface area is 298 Å². The second-order valence-electron chi connectivity index (χ2n) is 13.3. The molecule has 2 N–H and O–H groups in total. The molecule has 1 fully saturated rings. The van der Waals surface area contributed by atoms with Crippen molar-refractivity contribution in [2.45, 2.75) is 56.8 Å². The first-order valence-electron chi connectivity index (χ1n) is 17.1. The number of aromatic nitrogens is 4. The van der Waals surface area contributed by atoms with Crippen molar-refractivity contribution in [2.24, 2.45) is 0 Å². The second-order valence-corrected chi connectivity index (χ2v) is 14.4. The number of alkyl halides is 3. The highest BCUT2D eigenvalue weighted by molar-refractivity contribution is 7.23. The van der Waals surface area contributed by atoms with Gasteiger partial charge in [-0.3, -0.25) is 19.3 Å². The maximum absolute atomic E-state index is 14.2. The Hall–Kier alpha value is -5.50. The van der Waals surface area contributed by atoms with Gasteiger partial charge in [0.2, 0.25) is 0 Å². The molecule has 1 aliphatic carbocycles. The summed E-state index contributed by atoms with van der Waals surface area (Å²) in [5, 5.41) is 8.65. The number of rotatable bonds is 8. The Kier molecular flexibility index (Phi) is 7.68. The first kappa shape index (κ1) is 32.4. The van der Waals surface area contributed by atoms with Crippen LogP contribution in [-0.4, -0.2) is 44.6 Å². The minimum Gasteiger partial charge on any atom is -0.496 e. The SMILES string of the molecule is COc1cccc2c1CC[C@@H]2Nc1nccc2cc(-c3c4c(nc(CCc5ccc(C(F)(F)F)cc5)c3-c3noc(=O)[nH]3)[C@H]3CCCN3C4=O)sc12. The fraction of sp³-hybridized carbons (Fsp3) is 0.289. The number of fused-ring (bicyclic) bond motifs is 5. The molecule has 10 nitrogen and oxygen atoms in total. The van der Waals surface area contributed by atoms with E-state index in [1.54, 1.807) is 13.3 Å². The van der Waals surface area contributed by atoms with E-state index in [0.29, 0.717) is 58.8 Å². The Balaban J connectivity index is 1.18. The highest BCUT2D eigenvalue weighted by Crippen LogP contribution is 2.50. The van der Waals surface area contributed by atoms with E-state index in [9.17, 15) is 22.8 Å². The lowest BCUT2D eigenvalue weighted by Gasteiger charge is -2.17. The van der Waals surface area contributed by atoms with Crippen LogP contribution in [-0.2, 0) is 25.4 Å². The van der Waals surface area contributed by atoms with Crippen LogP contribution in [0, 0.1) is 0 Å². The highest BCUT2D eigenvalue weighted by atomic mass is 32.1. The molecule has 0 unspecified atom stereocenters. The lowest BCUT2D eigenvalue weighted by Crippen LogP contribution is -2.22. The Bertz CT molecular complexity index is 2440. The Morgan fingerprint density at radius 1 is 1.06 bits per heavy atom. The molecule has 1 amide bonds. The van der Waals surface area contributed by atoms with Gasteiger partial charge in [0.1, 0.15) is 11.6 Å². The summed E-state index contributed by atoms with van der Waals surface area (Å²) in [5.41, 5.74) is 5.06. The number of carbonyl (C=O) groups excluding carboxylic acids is 1. The van der Waals surface area contributed by atoms with Crippen LogP contribution in [0.1, 0.15) is 75.3 Å². The molecule has 6 heterocycles. The summed E-state index contributed by atoms with van der Waals surface area (Å²) >= 11 is 1.48. The molecule has 0 radical (unpaired) electrons. The van der Waals surface area contributed by atoms with Crippen molar-refractivity contribution in [3.63, 3.8) is 0 Å². The zero-order chi connectivity index (χ0) is 35.7. The van der Waals surface area contributed by atoms with Gasteiger partial charge in [0, 0.05) is 23.2 Å². The van der Waals surface area contributed by atoms with Crippen LogP contribution in [0.2, 0.25) is 0 Å². The second kappa shape index (κ2) is 12.3. The van der Waals surface area contributed by atoms with Crippen LogP contribution in [0.15, 0.2) is 70.1 Å². The van der Waals surface area contributed by atoms with E-state index in [1.165, 1.54) is 34.6 Å². The molecule has 2 aliphatic heterocycles. The molecule has 3 aliphatic rings. The quantitative estimate of drug-likeness (QED) is 0.162. The first-order chi connectivity index (χ1) is 25.2. The topological polar surface area (TPSA) is 126 Å². The number of methoxy groups -OCH3 is 1. The number of anilines is 1. The molecule has 1 saturated heterocycles. The smallest absolute Gasteiger partial charge is 0.439 e. The molecular weight excluding hydrogens is 694 g/mol. The van der Waals surface area contributed by atoms with Crippen molar-refractivity contribution >= 4 is 33.1 Å². The van der Waals surface area contributed by atoms with Crippen LogP contribution in [0.3, 0.4) is 0 Å². The summed E-state index contributed by atoms with van der Waals surface area (Å²) in [6.07, 6.45) is 1.35. The number of aryl methyl sites for hydroxylation is 2. The number of aromatic amines is 1. The van der Waals surface area contributed by atoms with Gasteiger partial charge >= 0.3 is 11.9 Å². The van der Waals surface area contributed by atoms with Crippen molar-refractivity contribution in [3.05, 3.63) is 111 Å². The van der Waals surface area contributed by atoms with Crippen LogP contribution in [0.4, 0.5) is 19.0 Å². The van der Waals surface area contributed by atoms with Gasteiger partial charge in [-0.1, -0.05) is 29.4 Å². The third-order valence-electron chi connectivity index (χ3n) is 10.4. The summed E-state index contributed by atoms with van der Waals surface area (Å²) < 4.78 is 51.3.